The lowest BCUT2D eigenvalue weighted by Crippen LogP contribution is -2.15. The van der Waals surface area contributed by atoms with Crippen LogP contribution < -0.4 is 0 Å². The highest BCUT2D eigenvalue weighted by molar-refractivity contribution is 6.16. The van der Waals surface area contributed by atoms with Crippen LogP contribution in [0, 0.1) is 13.8 Å². The number of furan rings is 1. The molecule has 0 fully saturated rings. The maximum absolute atomic E-state index is 6.75. The van der Waals surface area contributed by atoms with Gasteiger partial charge in [0.25, 0.3) is 0 Å². The Hall–Kier alpha value is -3.39. The summed E-state index contributed by atoms with van der Waals surface area (Å²) in [7, 11) is 0. The van der Waals surface area contributed by atoms with Gasteiger partial charge < -0.3 is 4.42 Å². The van der Waals surface area contributed by atoms with Crippen LogP contribution in [0.2, 0.25) is 0 Å². The van der Waals surface area contributed by atoms with E-state index < -0.39 is 0 Å². The smallest absolute Gasteiger partial charge is 0.145 e. The fourth-order valence-corrected chi connectivity index (χ4v) is 5.29. The summed E-state index contributed by atoms with van der Waals surface area (Å²) < 4.78 is 6.75. The molecule has 2 aromatic heterocycles. The van der Waals surface area contributed by atoms with Crippen molar-refractivity contribution in [2.45, 2.75) is 33.1 Å². The van der Waals surface area contributed by atoms with Gasteiger partial charge in [0, 0.05) is 33.5 Å². The number of nitrogens with zero attached hydrogens (tertiary/aromatic N) is 1. The van der Waals surface area contributed by atoms with E-state index in [4.69, 9.17) is 4.42 Å². The van der Waals surface area contributed by atoms with Crippen LogP contribution in [0.1, 0.15) is 36.1 Å². The van der Waals surface area contributed by atoms with Crippen LogP contribution in [-0.2, 0) is 5.41 Å². The number of hydrogen-bond donors (Lipinski definition) is 0. The second-order valence-corrected chi connectivity index (χ2v) is 8.94. The van der Waals surface area contributed by atoms with Crippen molar-refractivity contribution >= 4 is 21.9 Å². The first-order chi connectivity index (χ1) is 14.5. The number of rotatable bonds is 1. The van der Waals surface area contributed by atoms with E-state index in [9.17, 15) is 0 Å². The van der Waals surface area contributed by atoms with E-state index in [0.29, 0.717) is 0 Å². The van der Waals surface area contributed by atoms with E-state index >= 15 is 0 Å². The molecule has 146 valence electrons. The topological polar surface area (TPSA) is 26.0 Å². The van der Waals surface area contributed by atoms with Crippen molar-refractivity contribution in [2.75, 3.05) is 0 Å². The minimum Gasteiger partial charge on any atom is -0.455 e. The number of hydrogen-bond acceptors (Lipinski definition) is 2. The third-order valence-corrected chi connectivity index (χ3v) is 6.78. The number of aryl methyl sites for hydroxylation is 2. The van der Waals surface area contributed by atoms with E-state index in [-0.39, 0.29) is 5.41 Å². The molecular formula is C28H23NO. The molecule has 0 radical (unpaired) electrons. The van der Waals surface area contributed by atoms with Gasteiger partial charge >= 0.3 is 0 Å². The van der Waals surface area contributed by atoms with Gasteiger partial charge in [-0.1, -0.05) is 62.4 Å². The minimum atomic E-state index is -0.0381. The molecule has 5 aromatic rings. The molecule has 2 heteroatoms. The summed E-state index contributed by atoms with van der Waals surface area (Å²) in [5.74, 6) is 0. The highest BCUT2D eigenvalue weighted by Gasteiger charge is 2.38. The molecule has 30 heavy (non-hydrogen) atoms. The van der Waals surface area contributed by atoms with Gasteiger partial charge in [0.15, 0.2) is 0 Å². The molecule has 1 aliphatic rings. The normalized spacial score (nSPS) is 14.3. The van der Waals surface area contributed by atoms with Crippen molar-refractivity contribution in [3.63, 3.8) is 0 Å². The Kier molecular flexibility index (Phi) is 3.39. The average Bonchev–Trinajstić information content (AvgIpc) is 3.23. The van der Waals surface area contributed by atoms with Crippen LogP contribution in [0.5, 0.6) is 0 Å². The van der Waals surface area contributed by atoms with Crippen molar-refractivity contribution in [1.82, 2.24) is 4.98 Å². The molecule has 2 heterocycles. The van der Waals surface area contributed by atoms with Crippen LogP contribution in [-0.4, -0.2) is 4.98 Å². The highest BCUT2D eigenvalue weighted by atomic mass is 16.3. The first-order valence-corrected chi connectivity index (χ1v) is 10.5. The predicted octanol–water partition coefficient (Wildman–Crippen LogP) is 7.57. The van der Waals surface area contributed by atoms with E-state index in [1.807, 2.05) is 18.3 Å². The molecule has 0 atom stereocenters. The zero-order valence-corrected chi connectivity index (χ0v) is 17.7. The standard InChI is InChI=1S/C28H23NO/c1-16-12-13-19-23-17(2)15-21-25(18-9-5-6-10-20(18)28(21,3)4)27(23)30-26(19)24(16)22-11-7-8-14-29-22/h5-15H,1-4H3. The lowest BCUT2D eigenvalue weighted by Gasteiger charge is -2.21. The molecule has 6 rings (SSSR count). The number of benzene rings is 3. The largest absolute Gasteiger partial charge is 0.455 e. The summed E-state index contributed by atoms with van der Waals surface area (Å²) in [6.45, 7) is 8.97. The zero-order valence-electron chi connectivity index (χ0n) is 17.7. The van der Waals surface area contributed by atoms with Crippen molar-refractivity contribution in [3.05, 3.63) is 89.1 Å². The van der Waals surface area contributed by atoms with Gasteiger partial charge in [0.1, 0.15) is 11.2 Å². The van der Waals surface area contributed by atoms with Crippen molar-refractivity contribution < 1.29 is 4.42 Å². The molecule has 0 unspecified atom stereocenters. The van der Waals surface area contributed by atoms with Crippen LogP contribution in [0.15, 0.2) is 71.3 Å². The fourth-order valence-electron chi connectivity index (χ4n) is 5.29. The number of pyridine rings is 1. The van der Waals surface area contributed by atoms with E-state index in [2.05, 4.69) is 81.2 Å². The van der Waals surface area contributed by atoms with Gasteiger partial charge in [-0.15, -0.1) is 0 Å². The molecule has 0 N–H and O–H groups in total. The minimum absolute atomic E-state index is 0.0381. The summed E-state index contributed by atoms with van der Waals surface area (Å²) in [6, 6.07) is 21.5. The molecular weight excluding hydrogens is 366 g/mol. The first-order valence-electron chi connectivity index (χ1n) is 10.5. The van der Waals surface area contributed by atoms with Gasteiger partial charge in [0.2, 0.25) is 0 Å². The third-order valence-electron chi connectivity index (χ3n) is 6.78. The molecule has 0 bridgehead atoms. The van der Waals surface area contributed by atoms with Crippen LogP contribution in [0.4, 0.5) is 0 Å². The maximum atomic E-state index is 6.75. The van der Waals surface area contributed by atoms with Crippen molar-refractivity contribution in [1.29, 1.82) is 0 Å². The number of fused-ring (bicyclic) bond motifs is 7. The predicted molar refractivity (Wildman–Crippen MR) is 124 cm³/mol. The second kappa shape index (κ2) is 5.82. The van der Waals surface area contributed by atoms with E-state index in [0.717, 1.165) is 22.4 Å². The Morgan fingerprint density at radius 3 is 2.37 bits per heavy atom. The summed E-state index contributed by atoms with van der Waals surface area (Å²) in [5, 5.41) is 2.38. The Morgan fingerprint density at radius 2 is 1.57 bits per heavy atom. The third kappa shape index (κ3) is 2.11. The molecule has 0 saturated heterocycles. The van der Waals surface area contributed by atoms with Crippen molar-refractivity contribution in [3.8, 4) is 22.4 Å². The maximum Gasteiger partial charge on any atom is 0.145 e. The quantitative estimate of drug-likeness (QED) is 0.295. The van der Waals surface area contributed by atoms with Gasteiger partial charge in [-0.2, -0.15) is 0 Å². The Bertz CT molecular complexity index is 1470. The summed E-state index contributed by atoms with van der Waals surface area (Å²) >= 11 is 0. The fraction of sp³-hybridized carbons (Fsp3) is 0.179. The van der Waals surface area contributed by atoms with E-state index in [1.165, 1.54) is 44.2 Å². The second-order valence-electron chi connectivity index (χ2n) is 8.94. The lowest BCUT2D eigenvalue weighted by atomic mass is 9.81. The Morgan fingerprint density at radius 1 is 0.767 bits per heavy atom. The average molecular weight is 389 g/mol. The molecule has 0 aliphatic heterocycles. The van der Waals surface area contributed by atoms with Crippen LogP contribution >= 0.6 is 0 Å². The summed E-state index contributed by atoms with van der Waals surface area (Å²) in [4.78, 5) is 4.62. The molecule has 0 amide bonds. The Labute approximate surface area is 176 Å². The molecule has 2 nitrogen and oxygen atoms in total. The highest BCUT2D eigenvalue weighted by Crippen LogP contribution is 2.53. The van der Waals surface area contributed by atoms with Gasteiger partial charge in [-0.3, -0.25) is 4.98 Å². The summed E-state index contributed by atoms with van der Waals surface area (Å²) in [6.07, 6.45) is 1.85. The van der Waals surface area contributed by atoms with E-state index in [1.54, 1.807) is 0 Å². The van der Waals surface area contributed by atoms with Crippen molar-refractivity contribution in [2.24, 2.45) is 0 Å². The van der Waals surface area contributed by atoms with Gasteiger partial charge in [-0.05, 0) is 53.8 Å². The molecule has 1 aliphatic carbocycles. The molecule has 0 spiro atoms. The zero-order chi connectivity index (χ0) is 20.6. The van der Waals surface area contributed by atoms with Gasteiger partial charge in [0.05, 0.1) is 5.69 Å². The molecule has 0 saturated carbocycles. The van der Waals surface area contributed by atoms with Crippen LogP contribution in [0.3, 0.4) is 0 Å². The number of aromatic nitrogens is 1. The van der Waals surface area contributed by atoms with Crippen LogP contribution in [0.25, 0.3) is 44.3 Å². The molecule has 3 aromatic carbocycles. The Balaban J connectivity index is 1.81. The summed E-state index contributed by atoms with van der Waals surface area (Å²) in [5.41, 5.74) is 11.6. The van der Waals surface area contributed by atoms with Gasteiger partial charge in [-0.25, -0.2) is 0 Å². The SMILES string of the molecule is Cc1ccc2c(oc3c4c(cc(C)c32)C(C)(C)c2ccccc2-4)c1-c1ccccn1. The first kappa shape index (κ1) is 17.5. The monoisotopic (exact) mass is 389 g/mol. The lowest BCUT2D eigenvalue weighted by molar-refractivity contribution is 0.652.